The van der Waals surface area contributed by atoms with Crippen molar-refractivity contribution in [1.29, 1.82) is 0 Å². The Morgan fingerprint density at radius 3 is 2.61 bits per heavy atom. The van der Waals surface area contributed by atoms with Crippen molar-refractivity contribution in [3.05, 3.63) is 39.4 Å². The number of rotatable bonds is 2. The Labute approximate surface area is 113 Å². The molecule has 4 nitrogen and oxygen atoms in total. The van der Waals surface area contributed by atoms with E-state index in [4.69, 9.17) is 28.3 Å². The van der Waals surface area contributed by atoms with Gasteiger partial charge < -0.3 is 5.11 Å². The largest absolute Gasteiger partial charge is 0.477 e. The maximum absolute atomic E-state index is 11.6. The third kappa shape index (κ3) is 2.30. The summed E-state index contributed by atoms with van der Waals surface area (Å²) in [6.07, 6.45) is 1.37. The second-order valence-electron chi connectivity index (χ2n) is 3.60. The first-order chi connectivity index (χ1) is 8.50. The van der Waals surface area contributed by atoms with Gasteiger partial charge in [0.05, 0.1) is 15.7 Å². The molecule has 0 fully saturated rings. The first kappa shape index (κ1) is 12.8. The Balaban J connectivity index is 2.62. The van der Waals surface area contributed by atoms with Crippen molar-refractivity contribution in [3.63, 3.8) is 0 Å². The first-order valence-corrected chi connectivity index (χ1v) is 5.75. The van der Waals surface area contributed by atoms with Crippen LogP contribution in [-0.4, -0.2) is 23.1 Å². The van der Waals surface area contributed by atoms with Gasteiger partial charge in [0, 0.05) is 18.2 Å². The van der Waals surface area contributed by atoms with Crippen molar-refractivity contribution in [2.24, 2.45) is 4.99 Å². The van der Waals surface area contributed by atoms with Crippen LogP contribution in [0.15, 0.2) is 28.8 Å². The highest BCUT2D eigenvalue weighted by Gasteiger charge is 2.25. The SMILES string of the molecule is O=C(O)C1=C(c2ccc(Cl)c(Cl)c2)N=CCC1=O. The lowest BCUT2D eigenvalue weighted by Crippen LogP contribution is -2.17. The maximum Gasteiger partial charge on any atom is 0.341 e. The van der Waals surface area contributed by atoms with Gasteiger partial charge in [-0.15, -0.1) is 0 Å². The van der Waals surface area contributed by atoms with Gasteiger partial charge in [0.1, 0.15) is 5.57 Å². The molecular formula is C12H7Cl2NO3. The molecule has 0 saturated carbocycles. The van der Waals surface area contributed by atoms with E-state index in [-0.39, 0.29) is 22.7 Å². The van der Waals surface area contributed by atoms with Crippen molar-refractivity contribution < 1.29 is 14.7 Å². The average Bonchev–Trinajstić information content (AvgIpc) is 2.32. The van der Waals surface area contributed by atoms with Gasteiger partial charge in [-0.3, -0.25) is 9.79 Å². The van der Waals surface area contributed by atoms with Gasteiger partial charge >= 0.3 is 5.97 Å². The van der Waals surface area contributed by atoms with Crippen LogP contribution < -0.4 is 0 Å². The maximum atomic E-state index is 11.6. The molecule has 2 rings (SSSR count). The van der Waals surface area contributed by atoms with Crippen LogP contribution >= 0.6 is 23.2 Å². The Kier molecular flexibility index (Phi) is 3.50. The lowest BCUT2D eigenvalue weighted by Gasteiger charge is -2.11. The van der Waals surface area contributed by atoms with E-state index >= 15 is 0 Å². The van der Waals surface area contributed by atoms with Crippen molar-refractivity contribution in [1.82, 2.24) is 0 Å². The summed E-state index contributed by atoms with van der Waals surface area (Å²) < 4.78 is 0. The summed E-state index contributed by atoms with van der Waals surface area (Å²) >= 11 is 11.6. The number of nitrogens with zero attached hydrogens (tertiary/aromatic N) is 1. The Morgan fingerprint density at radius 1 is 1.28 bits per heavy atom. The van der Waals surface area contributed by atoms with Gasteiger partial charge in [-0.2, -0.15) is 0 Å². The number of carboxylic acids is 1. The Bertz CT molecular complexity index is 605. The topological polar surface area (TPSA) is 66.7 Å². The lowest BCUT2D eigenvalue weighted by atomic mass is 9.99. The number of benzene rings is 1. The highest BCUT2D eigenvalue weighted by molar-refractivity contribution is 6.42. The molecule has 1 aliphatic rings. The van der Waals surface area contributed by atoms with Crippen LogP contribution in [0.25, 0.3) is 5.70 Å². The van der Waals surface area contributed by atoms with Gasteiger partial charge in [0.15, 0.2) is 5.78 Å². The number of aliphatic imine (C=N–C) groups is 1. The van der Waals surface area contributed by atoms with E-state index in [1.165, 1.54) is 18.3 Å². The third-order valence-corrected chi connectivity index (χ3v) is 3.16. The standard InChI is InChI=1S/C12H7Cl2NO3/c13-7-2-1-6(5-8(7)14)11-10(12(17)18)9(16)3-4-15-11/h1-2,4-5H,3H2,(H,17,18). The van der Waals surface area contributed by atoms with Gasteiger partial charge in [0.25, 0.3) is 0 Å². The summed E-state index contributed by atoms with van der Waals surface area (Å²) in [7, 11) is 0. The fourth-order valence-electron chi connectivity index (χ4n) is 1.60. The van der Waals surface area contributed by atoms with Gasteiger partial charge in [-0.05, 0) is 12.1 Å². The predicted octanol–water partition coefficient (Wildman–Crippen LogP) is 2.83. The fourth-order valence-corrected chi connectivity index (χ4v) is 1.90. The normalized spacial score (nSPS) is 15.1. The van der Waals surface area contributed by atoms with Crippen LogP contribution in [-0.2, 0) is 9.59 Å². The number of carboxylic acid groups (broad SMARTS) is 1. The molecule has 6 heteroatoms. The summed E-state index contributed by atoms with van der Waals surface area (Å²) in [6, 6.07) is 4.58. The van der Waals surface area contributed by atoms with Crippen molar-refractivity contribution in [2.75, 3.05) is 0 Å². The molecule has 1 aromatic rings. The monoisotopic (exact) mass is 283 g/mol. The van der Waals surface area contributed by atoms with Gasteiger partial charge in [0.2, 0.25) is 0 Å². The molecule has 1 aromatic carbocycles. The first-order valence-electron chi connectivity index (χ1n) is 4.99. The summed E-state index contributed by atoms with van der Waals surface area (Å²) in [4.78, 5) is 26.6. The van der Waals surface area contributed by atoms with Crippen LogP contribution in [0.3, 0.4) is 0 Å². The fraction of sp³-hybridized carbons (Fsp3) is 0.0833. The van der Waals surface area contributed by atoms with E-state index in [0.717, 1.165) is 0 Å². The molecule has 0 bridgehead atoms. The Hall–Kier alpha value is -1.65. The van der Waals surface area contributed by atoms with E-state index in [2.05, 4.69) is 4.99 Å². The van der Waals surface area contributed by atoms with Crippen LogP contribution in [0, 0.1) is 0 Å². The molecule has 0 aliphatic carbocycles. The van der Waals surface area contributed by atoms with E-state index in [9.17, 15) is 9.59 Å². The van der Waals surface area contributed by atoms with Crippen molar-refractivity contribution >= 4 is 46.9 Å². The molecule has 0 unspecified atom stereocenters. The van der Waals surface area contributed by atoms with E-state index in [0.29, 0.717) is 10.6 Å². The molecule has 92 valence electrons. The van der Waals surface area contributed by atoms with Crippen molar-refractivity contribution in [3.8, 4) is 0 Å². The van der Waals surface area contributed by atoms with E-state index in [1.807, 2.05) is 0 Å². The number of Topliss-reactive ketones (excluding diaryl/α,β-unsaturated/α-hetero) is 1. The van der Waals surface area contributed by atoms with Crippen LogP contribution in [0.4, 0.5) is 0 Å². The molecule has 0 amide bonds. The summed E-state index contributed by atoms with van der Waals surface area (Å²) in [5, 5.41) is 9.68. The molecular weight excluding hydrogens is 277 g/mol. The zero-order chi connectivity index (χ0) is 13.3. The highest BCUT2D eigenvalue weighted by atomic mass is 35.5. The number of aliphatic carboxylic acids is 1. The number of ketones is 1. The average molecular weight is 284 g/mol. The van der Waals surface area contributed by atoms with E-state index in [1.54, 1.807) is 6.07 Å². The molecule has 0 atom stereocenters. The zero-order valence-electron chi connectivity index (χ0n) is 8.98. The second-order valence-corrected chi connectivity index (χ2v) is 4.41. The smallest absolute Gasteiger partial charge is 0.341 e. The number of halogens is 2. The minimum atomic E-state index is -1.29. The summed E-state index contributed by atoms with van der Waals surface area (Å²) in [6.45, 7) is 0. The second kappa shape index (κ2) is 4.92. The molecule has 1 aliphatic heterocycles. The summed E-state index contributed by atoms with van der Waals surface area (Å²) in [5.74, 6) is -1.77. The van der Waals surface area contributed by atoms with Crippen LogP contribution in [0.1, 0.15) is 12.0 Å². The molecule has 0 aromatic heterocycles. The minimum Gasteiger partial charge on any atom is -0.477 e. The Morgan fingerprint density at radius 2 is 2.00 bits per heavy atom. The van der Waals surface area contributed by atoms with Crippen molar-refractivity contribution in [2.45, 2.75) is 6.42 Å². The predicted molar refractivity (Wildman–Crippen MR) is 69.1 cm³/mol. The van der Waals surface area contributed by atoms with Gasteiger partial charge in [-0.25, -0.2) is 4.79 Å². The highest BCUT2D eigenvalue weighted by Crippen LogP contribution is 2.30. The lowest BCUT2D eigenvalue weighted by molar-refractivity contribution is -0.134. The zero-order valence-corrected chi connectivity index (χ0v) is 10.5. The number of hydrogen-bond donors (Lipinski definition) is 1. The summed E-state index contributed by atoms with van der Waals surface area (Å²) in [5.41, 5.74) is 0.235. The molecule has 0 spiro atoms. The van der Waals surface area contributed by atoms with Gasteiger partial charge in [-0.1, -0.05) is 29.3 Å². The van der Waals surface area contributed by atoms with Crippen LogP contribution in [0.2, 0.25) is 10.0 Å². The quantitative estimate of drug-likeness (QED) is 0.849. The minimum absolute atomic E-state index is 0.00748. The van der Waals surface area contributed by atoms with Crippen LogP contribution in [0.5, 0.6) is 0 Å². The molecule has 1 heterocycles. The molecule has 0 radical (unpaired) electrons. The molecule has 18 heavy (non-hydrogen) atoms. The van der Waals surface area contributed by atoms with E-state index < -0.39 is 11.8 Å². The molecule has 1 N–H and O–H groups in total. The third-order valence-electron chi connectivity index (χ3n) is 2.42. The molecule has 0 saturated heterocycles. The number of carbonyl (C=O) groups excluding carboxylic acids is 1. The number of carbonyl (C=O) groups is 2. The number of hydrogen-bond acceptors (Lipinski definition) is 3.